The monoisotopic (exact) mass is 267 g/mol. The van der Waals surface area contributed by atoms with Crippen LogP contribution in [0.2, 0.25) is 0 Å². The molecule has 2 fully saturated rings. The maximum absolute atomic E-state index is 13.2. The maximum atomic E-state index is 13.2. The van der Waals surface area contributed by atoms with Gasteiger partial charge in [-0.25, -0.2) is 17.6 Å². The average molecular weight is 267 g/mol. The van der Waals surface area contributed by atoms with Gasteiger partial charge in [-0.15, -0.1) is 0 Å². The van der Waals surface area contributed by atoms with Crippen LogP contribution < -0.4 is 5.32 Å². The SMILES string of the molecule is CNC(CC1CCC(F)(F)C1)C1CCC(F)(F)C1. The first kappa shape index (κ1) is 14.1. The number of hydrogen-bond donors (Lipinski definition) is 1. The lowest BCUT2D eigenvalue weighted by molar-refractivity contribution is -0.000252. The molecule has 18 heavy (non-hydrogen) atoms. The molecule has 0 aromatic rings. The minimum Gasteiger partial charge on any atom is -0.317 e. The summed E-state index contributed by atoms with van der Waals surface area (Å²) < 4.78 is 52.6. The van der Waals surface area contributed by atoms with E-state index in [1.807, 2.05) is 0 Å². The van der Waals surface area contributed by atoms with Gasteiger partial charge < -0.3 is 5.32 Å². The molecule has 0 aliphatic heterocycles. The van der Waals surface area contributed by atoms with E-state index in [-0.39, 0.29) is 43.6 Å². The fraction of sp³-hybridized carbons (Fsp3) is 1.00. The molecule has 2 aliphatic carbocycles. The number of hydrogen-bond acceptors (Lipinski definition) is 1. The van der Waals surface area contributed by atoms with Crippen molar-refractivity contribution in [3.63, 3.8) is 0 Å². The number of rotatable bonds is 4. The van der Waals surface area contributed by atoms with E-state index in [9.17, 15) is 17.6 Å². The van der Waals surface area contributed by atoms with Crippen LogP contribution in [0.1, 0.15) is 44.9 Å². The van der Waals surface area contributed by atoms with Crippen molar-refractivity contribution >= 4 is 0 Å². The highest BCUT2D eigenvalue weighted by Gasteiger charge is 2.44. The molecule has 5 heteroatoms. The minimum atomic E-state index is -2.56. The molecule has 0 radical (unpaired) electrons. The molecule has 0 aromatic heterocycles. The lowest BCUT2D eigenvalue weighted by atomic mass is 9.88. The van der Waals surface area contributed by atoms with E-state index < -0.39 is 11.8 Å². The molecule has 3 atom stereocenters. The Bertz CT molecular complexity index is 293. The van der Waals surface area contributed by atoms with Crippen LogP contribution in [0, 0.1) is 11.8 Å². The first-order chi connectivity index (χ1) is 8.31. The van der Waals surface area contributed by atoms with E-state index in [0.717, 1.165) is 0 Å². The number of nitrogens with one attached hydrogen (secondary N) is 1. The van der Waals surface area contributed by atoms with Gasteiger partial charge in [-0.1, -0.05) is 0 Å². The summed E-state index contributed by atoms with van der Waals surface area (Å²) in [5.41, 5.74) is 0. The van der Waals surface area contributed by atoms with Gasteiger partial charge in [-0.05, 0) is 38.1 Å². The van der Waals surface area contributed by atoms with Crippen molar-refractivity contribution in [1.29, 1.82) is 0 Å². The van der Waals surface area contributed by atoms with E-state index in [1.165, 1.54) is 0 Å². The van der Waals surface area contributed by atoms with Crippen LogP contribution in [0.5, 0.6) is 0 Å². The Morgan fingerprint density at radius 2 is 1.67 bits per heavy atom. The first-order valence-corrected chi connectivity index (χ1v) is 6.74. The molecule has 1 nitrogen and oxygen atoms in total. The largest absolute Gasteiger partial charge is 0.317 e. The molecule has 0 heterocycles. The van der Waals surface area contributed by atoms with E-state index in [1.54, 1.807) is 7.05 Å². The summed E-state index contributed by atoms with van der Waals surface area (Å²) in [5.74, 6) is -5.19. The Kier molecular flexibility index (Phi) is 3.90. The quantitative estimate of drug-likeness (QED) is 0.763. The van der Waals surface area contributed by atoms with Crippen LogP contribution in [0.4, 0.5) is 17.6 Å². The van der Waals surface area contributed by atoms with Crippen molar-refractivity contribution in [2.24, 2.45) is 11.8 Å². The lowest BCUT2D eigenvalue weighted by Crippen LogP contribution is -2.35. The highest BCUT2D eigenvalue weighted by molar-refractivity contribution is 4.91. The van der Waals surface area contributed by atoms with Crippen LogP contribution in [0.15, 0.2) is 0 Å². The van der Waals surface area contributed by atoms with Crippen molar-refractivity contribution in [2.75, 3.05) is 7.05 Å². The highest BCUT2D eigenvalue weighted by atomic mass is 19.3. The van der Waals surface area contributed by atoms with E-state index in [4.69, 9.17) is 0 Å². The minimum absolute atomic E-state index is 0.0216. The zero-order chi connectivity index (χ0) is 13.4. The van der Waals surface area contributed by atoms with Crippen LogP contribution in [-0.2, 0) is 0 Å². The summed E-state index contributed by atoms with van der Waals surface area (Å²) in [7, 11) is 1.74. The summed E-state index contributed by atoms with van der Waals surface area (Å²) in [6, 6.07) is -0.0442. The smallest absolute Gasteiger partial charge is 0.248 e. The van der Waals surface area contributed by atoms with Crippen molar-refractivity contribution in [3.8, 4) is 0 Å². The predicted octanol–water partition coefficient (Wildman–Crippen LogP) is 3.84. The molecule has 0 bridgehead atoms. The first-order valence-electron chi connectivity index (χ1n) is 6.74. The topological polar surface area (TPSA) is 12.0 Å². The number of halogens is 4. The second-order valence-electron chi connectivity index (χ2n) is 5.95. The molecule has 0 saturated heterocycles. The highest BCUT2D eigenvalue weighted by Crippen LogP contribution is 2.45. The second-order valence-corrected chi connectivity index (χ2v) is 5.95. The van der Waals surface area contributed by atoms with Crippen molar-refractivity contribution in [3.05, 3.63) is 0 Å². The van der Waals surface area contributed by atoms with Crippen molar-refractivity contribution < 1.29 is 17.6 Å². The van der Waals surface area contributed by atoms with Crippen LogP contribution in [-0.4, -0.2) is 24.9 Å². The molecular weight excluding hydrogens is 246 g/mol. The Morgan fingerprint density at radius 1 is 1.06 bits per heavy atom. The molecule has 1 N–H and O–H groups in total. The van der Waals surface area contributed by atoms with E-state index in [2.05, 4.69) is 5.32 Å². The Labute approximate surface area is 105 Å². The van der Waals surface area contributed by atoms with Crippen LogP contribution >= 0.6 is 0 Å². The second kappa shape index (κ2) is 4.99. The van der Waals surface area contributed by atoms with Gasteiger partial charge in [0.15, 0.2) is 0 Å². The molecule has 0 aromatic carbocycles. The molecule has 0 spiro atoms. The van der Waals surface area contributed by atoms with Crippen LogP contribution in [0.3, 0.4) is 0 Å². The molecule has 0 amide bonds. The molecule has 106 valence electrons. The third kappa shape index (κ3) is 3.37. The third-order valence-corrected chi connectivity index (χ3v) is 4.47. The van der Waals surface area contributed by atoms with Gasteiger partial charge in [0.25, 0.3) is 0 Å². The van der Waals surface area contributed by atoms with Gasteiger partial charge in [0, 0.05) is 31.7 Å². The number of alkyl halides is 4. The van der Waals surface area contributed by atoms with Crippen LogP contribution in [0.25, 0.3) is 0 Å². The Hall–Kier alpha value is -0.320. The zero-order valence-corrected chi connectivity index (χ0v) is 10.7. The average Bonchev–Trinajstić information content (AvgIpc) is 2.78. The van der Waals surface area contributed by atoms with Gasteiger partial charge in [0.05, 0.1) is 0 Å². The summed E-state index contributed by atoms with van der Waals surface area (Å²) in [5, 5.41) is 3.06. The normalized spacial score (nSPS) is 35.8. The summed E-state index contributed by atoms with van der Waals surface area (Å²) in [6.07, 6.45) is 1.35. The molecule has 2 aliphatic rings. The molecule has 3 unspecified atom stereocenters. The van der Waals surface area contributed by atoms with Gasteiger partial charge in [0.2, 0.25) is 11.8 Å². The fourth-order valence-corrected chi connectivity index (χ4v) is 3.48. The van der Waals surface area contributed by atoms with Gasteiger partial charge in [0.1, 0.15) is 0 Å². The van der Waals surface area contributed by atoms with Gasteiger partial charge >= 0.3 is 0 Å². The van der Waals surface area contributed by atoms with Crippen molar-refractivity contribution in [2.45, 2.75) is 62.8 Å². The summed E-state index contributed by atoms with van der Waals surface area (Å²) in [4.78, 5) is 0. The predicted molar refractivity (Wildman–Crippen MR) is 62.0 cm³/mol. The zero-order valence-electron chi connectivity index (χ0n) is 10.7. The third-order valence-electron chi connectivity index (χ3n) is 4.47. The molecular formula is C13H21F4N. The van der Waals surface area contributed by atoms with Gasteiger partial charge in [-0.2, -0.15) is 0 Å². The van der Waals surface area contributed by atoms with Gasteiger partial charge in [-0.3, -0.25) is 0 Å². The fourth-order valence-electron chi connectivity index (χ4n) is 3.48. The van der Waals surface area contributed by atoms with E-state index >= 15 is 0 Å². The van der Waals surface area contributed by atoms with E-state index in [0.29, 0.717) is 19.3 Å². The van der Waals surface area contributed by atoms with Crippen molar-refractivity contribution in [1.82, 2.24) is 5.32 Å². The molecule has 2 saturated carbocycles. The molecule has 2 rings (SSSR count). The Balaban J connectivity index is 1.87. The maximum Gasteiger partial charge on any atom is 0.248 e. The lowest BCUT2D eigenvalue weighted by Gasteiger charge is -2.26. The summed E-state index contributed by atoms with van der Waals surface area (Å²) in [6.45, 7) is 0. The standard InChI is InChI=1S/C13H21F4N/c1-18-11(10-3-5-13(16,17)8-10)6-9-2-4-12(14,15)7-9/h9-11,18H,2-8H2,1H3. The summed E-state index contributed by atoms with van der Waals surface area (Å²) >= 11 is 0. The Morgan fingerprint density at radius 3 is 2.11 bits per heavy atom.